The van der Waals surface area contributed by atoms with Gasteiger partial charge in [0.2, 0.25) is 0 Å². The van der Waals surface area contributed by atoms with Crippen LogP contribution < -0.4 is 0 Å². The monoisotopic (exact) mass is 360 g/mol. The summed E-state index contributed by atoms with van der Waals surface area (Å²) in [5.74, 6) is 0. The van der Waals surface area contributed by atoms with E-state index in [4.69, 9.17) is 19.6 Å². The quantitative estimate of drug-likeness (QED) is 0.204. The van der Waals surface area contributed by atoms with Crippen LogP contribution in [0.25, 0.3) is 0 Å². The third kappa shape index (κ3) is 8.55. The molecule has 1 radical (unpaired) electrons. The van der Waals surface area contributed by atoms with Crippen molar-refractivity contribution in [2.45, 2.75) is 37.7 Å². The van der Waals surface area contributed by atoms with Crippen molar-refractivity contribution >= 4 is 44.7 Å². The van der Waals surface area contributed by atoms with Crippen LogP contribution in [0.5, 0.6) is 0 Å². The predicted octanol–water partition coefficient (Wildman–Crippen LogP) is -0.706. The summed E-state index contributed by atoms with van der Waals surface area (Å²) in [6.45, 7) is 2.64. The summed E-state index contributed by atoms with van der Waals surface area (Å²) in [6, 6.07) is 0. The molecule has 0 aromatic rings. The molecule has 0 aliphatic carbocycles. The number of unbranched alkanes of at least 4 members (excludes halogenated alkanes) is 2. The van der Waals surface area contributed by atoms with Gasteiger partial charge in [0.25, 0.3) is 5.08 Å². The molecule has 12 heteroatoms. The Hall–Kier alpha value is 1.18. The molecule has 0 fully saturated rings. The maximum absolute atomic E-state index is 11.1. The van der Waals surface area contributed by atoms with Crippen molar-refractivity contribution in [2.75, 3.05) is 20.1 Å². The second-order valence-electron chi connectivity index (χ2n) is 4.62. The molecule has 0 spiro atoms. The summed E-state index contributed by atoms with van der Waals surface area (Å²) in [6.07, 6.45) is 2.19. The van der Waals surface area contributed by atoms with E-state index in [2.05, 4.69) is 0 Å². The molecule has 0 aliphatic heterocycles. The number of rotatable bonds is 9. The third-order valence-corrected chi connectivity index (χ3v) is 6.78. The molecule has 21 heavy (non-hydrogen) atoms. The predicted molar refractivity (Wildman–Crippen MR) is 80.0 cm³/mol. The van der Waals surface area contributed by atoms with Crippen LogP contribution in [-0.4, -0.2) is 89.8 Å². The van der Waals surface area contributed by atoms with Crippen molar-refractivity contribution in [3.63, 3.8) is 0 Å². The number of nitrogens with zero attached hydrogens (tertiary/aromatic N) is 1. The summed E-state index contributed by atoms with van der Waals surface area (Å²) in [5.41, 5.74) is 0. The van der Waals surface area contributed by atoms with Crippen molar-refractivity contribution in [1.82, 2.24) is 4.90 Å². The molecule has 0 aliphatic rings. The molecule has 9 nitrogen and oxygen atoms in total. The average molecular weight is 360 g/mol. The van der Waals surface area contributed by atoms with Crippen LogP contribution in [0.3, 0.4) is 0 Å². The Morgan fingerprint density at radius 1 is 1.00 bits per heavy atom. The van der Waals surface area contributed by atoms with E-state index in [1.54, 1.807) is 11.9 Å². The van der Waals surface area contributed by atoms with Gasteiger partial charge in [-0.2, -0.15) is 0 Å². The molecule has 0 atom stereocenters. The Morgan fingerprint density at radius 2 is 1.43 bits per heavy atom. The first-order valence-electron chi connectivity index (χ1n) is 5.98. The van der Waals surface area contributed by atoms with Crippen molar-refractivity contribution in [3.8, 4) is 0 Å². The van der Waals surface area contributed by atoms with Gasteiger partial charge in [-0.05, 0) is 20.0 Å². The summed E-state index contributed by atoms with van der Waals surface area (Å²) in [7, 11) is -9.00. The molecule has 0 unspecified atom stereocenters. The first-order valence-corrected chi connectivity index (χ1v) is 9.20. The Bertz CT molecular complexity index is 349. The van der Waals surface area contributed by atoms with Crippen molar-refractivity contribution in [2.24, 2.45) is 0 Å². The molecule has 0 aromatic heterocycles. The first-order chi connectivity index (χ1) is 8.45. The second-order valence-corrected chi connectivity index (χ2v) is 8.63. The Morgan fingerprint density at radius 3 is 1.76 bits per heavy atom. The van der Waals surface area contributed by atoms with E-state index in [0.29, 0.717) is 6.54 Å². The average Bonchev–Trinajstić information content (AvgIpc) is 2.23. The van der Waals surface area contributed by atoms with Crippen LogP contribution in [0.4, 0.5) is 0 Å². The Labute approximate surface area is 146 Å². The van der Waals surface area contributed by atoms with Crippen molar-refractivity contribution in [3.05, 3.63) is 0 Å². The van der Waals surface area contributed by atoms with Crippen LogP contribution in [0.2, 0.25) is 0 Å². The molecule has 0 rings (SSSR count). The van der Waals surface area contributed by atoms with Crippen LogP contribution >= 0.6 is 15.2 Å². The van der Waals surface area contributed by atoms with Crippen LogP contribution in [0.1, 0.15) is 32.6 Å². The maximum atomic E-state index is 11.1. The summed E-state index contributed by atoms with van der Waals surface area (Å²) >= 11 is 0. The molecule has 0 amide bonds. The first kappa shape index (κ1) is 27.0. The minimum Gasteiger partial charge on any atom is -0.412 e. The molecule has 0 heterocycles. The Balaban J connectivity index is -0.00000162. The fourth-order valence-corrected chi connectivity index (χ4v) is 3.69. The summed E-state index contributed by atoms with van der Waals surface area (Å²) in [5, 5.41) is 6.35. The van der Waals surface area contributed by atoms with Gasteiger partial charge in [-0.25, -0.2) is 0 Å². The maximum Gasteiger partial charge on any atom is 0.369 e. The molecule has 0 aromatic carbocycles. The van der Waals surface area contributed by atoms with Gasteiger partial charge in [0, 0.05) is 42.5 Å². The van der Waals surface area contributed by atoms with Gasteiger partial charge in [-0.3, -0.25) is 9.13 Å². The van der Waals surface area contributed by atoms with E-state index in [0.717, 1.165) is 19.3 Å². The number of hydrogen-bond donors (Lipinski definition) is 5. The van der Waals surface area contributed by atoms with E-state index in [-0.39, 0.29) is 41.6 Å². The van der Waals surface area contributed by atoms with Crippen LogP contribution in [0, 0.1) is 0 Å². The van der Waals surface area contributed by atoms with Gasteiger partial charge in [-0.15, -0.1) is 0 Å². The minimum absolute atomic E-state index is 0. The topological polar surface area (TPSA) is 170 Å². The molecule has 7 N–H and O–H groups in total. The van der Waals surface area contributed by atoms with Gasteiger partial charge in [-0.1, -0.05) is 19.8 Å². The normalized spacial score (nSPS) is 12.8. The second kappa shape index (κ2) is 10.9. The van der Waals surface area contributed by atoms with E-state index in [1.807, 2.05) is 6.92 Å². The van der Waals surface area contributed by atoms with Gasteiger partial charge >= 0.3 is 15.2 Å². The summed E-state index contributed by atoms with van der Waals surface area (Å²) < 4.78 is 22.2. The van der Waals surface area contributed by atoms with Gasteiger partial charge in [0.1, 0.15) is 0 Å². The fraction of sp³-hybridized carbons (Fsp3) is 1.00. The van der Waals surface area contributed by atoms with Gasteiger partial charge in [0.05, 0.1) is 0 Å². The number of hydrogen-bond acceptors (Lipinski definition) is 4. The third-order valence-electron chi connectivity index (χ3n) is 2.91. The molecular formula is C9H25NNaO8P2. The zero-order valence-electron chi connectivity index (χ0n) is 12.6. The van der Waals surface area contributed by atoms with E-state index in [9.17, 15) is 14.2 Å². The largest absolute Gasteiger partial charge is 0.412 e. The number of aliphatic hydroxyl groups is 1. The van der Waals surface area contributed by atoms with E-state index in [1.165, 1.54) is 0 Å². The van der Waals surface area contributed by atoms with Gasteiger partial charge < -0.3 is 35.1 Å². The van der Waals surface area contributed by atoms with E-state index < -0.39 is 26.7 Å². The molecule has 0 saturated carbocycles. The van der Waals surface area contributed by atoms with Gasteiger partial charge in [0.15, 0.2) is 0 Å². The van der Waals surface area contributed by atoms with Crippen molar-refractivity contribution in [1.29, 1.82) is 0 Å². The molecule has 0 saturated heterocycles. The smallest absolute Gasteiger partial charge is 0.369 e. The SMILES string of the molecule is CCCCCN(C)CCC(O)(P(=O)(O)O)P(=O)(O)O.O.[Na]. The Kier molecular flexibility index (Phi) is 14.0. The minimum atomic E-state index is -5.33. The standard InChI is InChI=1S/C9H23NO7P2.Na.H2O/c1-3-4-5-7-10(2)8-6-9(11,18(12,13)14)19(15,16)17;;/h11H,3-8H2,1-2H3,(H2,12,13,14)(H2,15,16,17);;1H2. The van der Waals surface area contributed by atoms with Crippen molar-refractivity contribution < 1.29 is 39.3 Å². The molecule has 0 bridgehead atoms. The zero-order chi connectivity index (χ0) is 15.3. The van der Waals surface area contributed by atoms with E-state index >= 15 is 0 Å². The molecule has 125 valence electrons. The fourth-order valence-electron chi connectivity index (χ4n) is 1.55. The molecular weight excluding hydrogens is 335 g/mol. The zero-order valence-corrected chi connectivity index (χ0v) is 16.4. The summed E-state index contributed by atoms with van der Waals surface area (Å²) in [4.78, 5) is 37.5. The van der Waals surface area contributed by atoms with Crippen LogP contribution in [-0.2, 0) is 9.13 Å². The van der Waals surface area contributed by atoms with Crippen LogP contribution in [0.15, 0.2) is 0 Å².